The summed E-state index contributed by atoms with van der Waals surface area (Å²) in [5, 5.41) is 5.54. The Kier molecular flexibility index (Phi) is 6.00. The summed E-state index contributed by atoms with van der Waals surface area (Å²) in [4.78, 5) is 32.3. The molecule has 0 saturated carbocycles. The molecule has 0 atom stereocenters. The van der Waals surface area contributed by atoms with E-state index in [0.29, 0.717) is 23.8 Å². The summed E-state index contributed by atoms with van der Waals surface area (Å²) in [6.45, 7) is 2.07. The highest BCUT2D eigenvalue weighted by atomic mass is 32.1. The molecule has 1 aliphatic rings. The van der Waals surface area contributed by atoms with Gasteiger partial charge >= 0.3 is 0 Å². The van der Waals surface area contributed by atoms with E-state index in [9.17, 15) is 9.59 Å². The lowest BCUT2D eigenvalue weighted by atomic mass is 10.1. The van der Waals surface area contributed by atoms with Gasteiger partial charge in [-0.2, -0.15) is 0 Å². The maximum absolute atomic E-state index is 12.3. The Labute approximate surface area is 157 Å². The van der Waals surface area contributed by atoms with Crippen LogP contribution in [0, 0.1) is 0 Å². The van der Waals surface area contributed by atoms with Gasteiger partial charge in [0.1, 0.15) is 0 Å². The molecule has 1 saturated heterocycles. The van der Waals surface area contributed by atoms with Crippen molar-refractivity contribution in [3.63, 3.8) is 0 Å². The highest BCUT2D eigenvalue weighted by molar-refractivity contribution is 7.14. The average molecular weight is 372 g/mol. The van der Waals surface area contributed by atoms with E-state index in [1.165, 1.54) is 16.9 Å². The van der Waals surface area contributed by atoms with Gasteiger partial charge in [0.2, 0.25) is 11.8 Å². The minimum absolute atomic E-state index is 0.0609. The number of benzene rings is 1. The summed E-state index contributed by atoms with van der Waals surface area (Å²) in [5.74, 6) is 0.0575. The molecule has 1 N–H and O–H groups in total. The molecule has 1 aliphatic heterocycles. The van der Waals surface area contributed by atoms with Crippen molar-refractivity contribution >= 4 is 28.3 Å². The molecule has 2 amide bonds. The van der Waals surface area contributed by atoms with E-state index in [1.807, 2.05) is 37.7 Å². The molecule has 138 valence electrons. The molecule has 7 heteroatoms. The van der Waals surface area contributed by atoms with Crippen molar-refractivity contribution in [2.24, 2.45) is 0 Å². The van der Waals surface area contributed by atoms with E-state index >= 15 is 0 Å². The van der Waals surface area contributed by atoms with Crippen LogP contribution in [0.1, 0.15) is 29.7 Å². The third-order valence-corrected chi connectivity index (χ3v) is 5.18. The fourth-order valence-corrected chi connectivity index (χ4v) is 3.87. The lowest BCUT2D eigenvalue weighted by Gasteiger charge is -2.14. The molecule has 2 aromatic rings. The van der Waals surface area contributed by atoms with Crippen LogP contribution in [-0.4, -0.2) is 42.3 Å². The Morgan fingerprint density at radius 2 is 2.08 bits per heavy atom. The number of hydrogen-bond acceptors (Lipinski definition) is 5. The molecule has 1 aromatic heterocycles. The monoisotopic (exact) mass is 372 g/mol. The summed E-state index contributed by atoms with van der Waals surface area (Å²) in [6.07, 6.45) is 1.69. The molecule has 26 heavy (non-hydrogen) atoms. The number of hydrogen-bond donors (Lipinski definition) is 1. The second-order valence-corrected chi connectivity index (χ2v) is 7.57. The van der Waals surface area contributed by atoms with Crippen LogP contribution in [0.2, 0.25) is 0 Å². The number of thiazole rings is 1. The first kappa shape index (κ1) is 18.5. The molecular formula is C19H24N4O2S. The van der Waals surface area contributed by atoms with E-state index in [2.05, 4.69) is 21.3 Å². The van der Waals surface area contributed by atoms with Gasteiger partial charge in [-0.15, -0.1) is 11.3 Å². The van der Waals surface area contributed by atoms with Gasteiger partial charge in [0.15, 0.2) is 5.13 Å². The molecule has 0 radical (unpaired) electrons. The van der Waals surface area contributed by atoms with Crippen molar-refractivity contribution in [1.82, 2.24) is 15.2 Å². The van der Waals surface area contributed by atoms with Gasteiger partial charge in [0.05, 0.1) is 12.1 Å². The molecule has 3 rings (SSSR count). The fraction of sp³-hybridized carbons (Fsp3) is 0.421. The van der Waals surface area contributed by atoms with Crippen LogP contribution in [0.5, 0.6) is 0 Å². The summed E-state index contributed by atoms with van der Waals surface area (Å²) in [5.41, 5.74) is 3.04. The Balaban J connectivity index is 1.55. The van der Waals surface area contributed by atoms with E-state index in [-0.39, 0.29) is 18.2 Å². The number of carbonyl (C=O) groups excluding carboxylic acids is 2. The van der Waals surface area contributed by atoms with Crippen molar-refractivity contribution in [3.8, 4) is 0 Å². The van der Waals surface area contributed by atoms with Crippen LogP contribution >= 0.6 is 11.3 Å². The number of rotatable bonds is 7. The smallest absolute Gasteiger partial charge is 0.228 e. The maximum Gasteiger partial charge on any atom is 0.228 e. The van der Waals surface area contributed by atoms with Crippen LogP contribution in [0.4, 0.5) is 5.13 Å². The van der Waals surface area contributed by atoms with Crippen molar-refractivity contribution in [3.05, 3.63) is 46.5 Å². The fourth-order valence-electron chi connectivity index (χ4n) is 3.00. The number of amides is 2. The highest BCUT2D eigenvalue weighted by Crippen LogP contribution is 2.25. The Morgan fingerprint density at radius 3 is 2.77 bits per heavy atom. The van der Waals surface area contributed by atoms with Crippen molar-refractivity contribution in [2.75, 3.05) is 25.5 Å². The first-order valence-electron chi connectivity index (χ1n) is 8.76. The minimum atomic E-state index is -0.0609. The van der Waals surface area contributed by atoms with Crippen molar-refractivity contribution in [1.29, 1.82) is 0 Å². The van der Waals surface area contributed by atoms with Gasteiger partial charge in [-0.3, -0.25) is 14.5 Å². The first-order valence-corrected chi connectivity index (χ1v) is 9.64. The molecule has 0 bridgehead atoms. The normalized spacial score (nSPS) is 14.3. The largest absolute Gasteiger partial charge is 0.352 e. The third kappa shape index (κ3) is 4.68. The van der Waals surface area contributed by atoms with E-state index in [1.54, 1.807) is 4.90 Å². The second kappa shape index (κ2) is 8.42. The number of carbonyl (C=O) groups is 2. The Bertz CT molecular complexity index is 787. The molecule has 1 fully saturated rings. The van der Waals surface area contributed by atoms with Crippen LogP contribution < -0.4 is 10.2 Å². The molecule has 2 heterocycles. The molecule has 1 aromatic carbocycles. The van der Waals surface area contributed by atoms with Gasteiger partial charge in [-0.1, -0.05) is 24.3 Å². The zero-order chi connectivity index (χ0) is 18.5. The molecule has 0 aliphatic carbocycles. The minimum Gasteiger partial charge on any atom is -0.352 e. The topological polar surface area (TPSA) is 65.5 Å². The first-order chi connectivity index (χ1) is 12.5. The van der Waals surface area contributed by atoms with Gasteiger partial charge < -0.3 is 10.2 Å². The van der Waals surface area contributed by atoms with Gasteiger partial charge in [0, 0.05) is 31.4 Å². The number of anilines is 1. The lowest BCUT2D eigenvalue weighted by Crippen LogP contribution is -2.26. The standard InChI is InChI=1S/C19H24N4O2S/c1-22(2)12-15-7-4-3-6-14(15)11-20-17(24)10-16-13-26-19(21-16)23-9-5-8-18(23)25/h3-4,6-7,13H,5,8-12H2,1-2H3,(H,20,24). The molecular weight excluding hydrogens is 348 g/mol. The SMILES string of the molecule is CN(C)Cc1ccccc1CNC(=O)Cc1csc(N2CCCC2=O)n1. The highest BCUT2D eigenvalue weighted by Gasteiger charge is 2.24. The van der Waals surface area contributed by atoms with Gasteiger partial charge in [0.25, 0.3) is 0 Å². The van der Waals surface area contributed by atoms with Gasteiger partial charge in [-0.25, -0.2) is 4.98 Å². The van der Waals surface area contributed by atoms with E-state index < -0.39 is 0 Å². The maximum atomic E-state index is 12.3. The predicted molar refractivity (Wildman–Crippen MR) is 103 cm³/mol. The zero-order valence-electron chi connectivity index (χ0n) is 15.2. The third-order valence-electron chi connectivity index (χ3n) is 4.27. The van der Waals surface area contributed by atoms with Gasteiger partial charge in [-0.05, 0) is 31.6 Å². The summed E-state index contributed by atoms with van der Waals surface area (Å²) >= 11 is 1.42. The van der Waals surface area contributed by atoms with E-state index in [4.69, 9.17) is 0 Å². The Morgan fingerprint density at radius 1 is 1.31 bits per heavy atom. The number of nitrogens with zero attached hydrogens (tertiary/aromatic N) is 3. The number of aromatic nitrogens is 1. The van der Waals surface area contributed by atoms with Crippen molar-refractivity contribution < 1.29 is 9.59 Å². The van der Waals surface area contributed by atoms with Crippen LogP contribution in [-0.2, 0) is 29.1 Å². The van der Waals surface area contributed by atoms with Crippen LogP contribution in [0.25, 0.3) is 0 Å². The van der Waals surface area contributed by atoms with Crippen molar-refractivity contribution in [2.45, 2.75) is 32.4 Å². The average Bonchev–Trinajstić information content (AvgIpc) is 3.22. The molecule has 6 nitrogen and oxygen atoms in total. The Hall–Kier alpha value is -2.25. The van der Waals surface area contributed by atoms with E-state index in [0.717, 1.165) is 25.1 Å². The summed E-state index contributed by atoms with van der Waals surface area (Å²) < 4.78 is 0. The molecule has 0 unspecified atom stereocenters. The van der Waals surface area contributed by atoms with Crippen LogP contribution in [0.3, 0.4) is 0 Å². The van der Waals surface area contributed by atoms with Crippen LogP contribution in [0.15, 0.2) is 29.6 Å². The second-order valence-electron chi connectivity index (χ2n) is 6.73. The summed E-state index contributed by atoms with van der Waals surface area (Å²) in [7, 11) is 4.06. The quantitative estimate of drug-likeness (QED) is 0.809. The zero-order valence-corrected chi connectivity index (χ0v) is 16.0. The number of nitrogens with one attached hydrogen (secondary N) is 1. The summed E-state index contributed by atoms with van der Waals surface area (Å²) in [6, 6.07) is 8.13. The molecule has 0 spiro atoms. The predicted octanol–water partition coefficient (Wildman–Crippen LogP) is 2.19. The lowest BCUT2D eigenvalue weighted by molar-refractivity contribution is -0.120.